The first-order valence-corrected chi connectivity index (χ1v) is 10.5. The van der Waals surface area contributed by atoms with Gasteiger partial charge in [0.15, 0.2) is 5.69 Å². The van der Waals surface area contributed by atoms with E-state index in [2.05, 4.69) is 10.00 Å². The molecule has 1 aromatic carbocycles. The van der Waals surface area contributed by atoms with E-state index in [0.29, 0.717) is 17.3 Å². The van der Waals surface area contributed by atoms with Crippen molar-refractivity contribution >= 4 is 11.6 Å². The van der Waals surface area contributed by atoms with Crippen LogP contribution in [0.2, 0.25) is 0 Å². The van der Waals surface area contributed by atoms with Gasteiger partial charge in [0.2, 0.25) is 0 Å². The molecule has 2 aromatic rings. The molecule has 0 saturated carbocycles. The van der Waals surface area contributed by atoms with Gasteiger partial charge in [0, 0.05) is 44.5 Å². The molecule has 1 aromatic heterocycles. The summed E-state index contributed by atoms with van der Waals surface area (Å²) >= 11 is 0. The normalized spacial score (nSPS) is 18.5. The van der Waals surface area contributed by atoms with Crippen molar-refractivity contribution in [2.24, 2.45) is 5.92 Å². The van der Waals surface area contributed by atoms with Crippen molar-refractivity contribution in [2.75, 3.05) is 45.9 Å². The molecular weight excluding hydrogens is 386 g/mol. The van der Waals surface area contributed by atoms with Gasteiger partial charge in [-0.05, 0) is 49.9 Å². The van der Waals surface area contributed by atoms with Crippen LogP contribution in [0, 0.1) is 16.0 Å². The van der Waals surface area contributed by atoms with Crippen LogP contribution in [0.1, 0.15) is 29.8 Å². The van der Waals surface area contributed by atoms with Gasteiger partial charge in [0.1, 0.15) is 0 Å². The lowest BCUT2D eigenvalue weighted by molar-refractivity contribution is -0.384. The number of carbonyl (C=O) groups is 1. The van der Waals surface area contributed by atoms with Crippen molar-refractivity contribution < 1.29 is 14.5 Å². The van der Waals surface area contributed by atoms with Crippen molar-refractivity contribution in [1.82, 2.24) is 19.6 Å². The van der Waals surface area contributed by atoms with Gasteiger partial charge >= 0.3 is 0 Å². The van der Waals surface area contributed by atoms with Crippen molar-refractivity contribution in [2.45, 2.75) is 19.3 Å². The molecule has 9 heteroatoms. The van der Waals surface area contributed by atoms with Crippen LogP contribution in [0.25, 0.3) is 5.69 Å². The first-order chi connectivity index (χ1) is 14.6. The third-order valence-corrected chi connectivity index (χ3v) is 5.99. The zero-order chi connectivity index (χ0) is 20.9. The Kier molecular flexibility index (Phi) is 6.39. The van der Waals surface area contributed by atoms with Crippen LogP contribution in [0.15, 0.2) is 36.5 Å². The fourth-order valence-electron chi connectivity index (χ4n) is 4.09. The number of hydrogen-bond donors (Lipinski definition) is 0. The fourth-order valence-corrected chi connectivity index (χ4v) is 4.09. The van der Waals surface area contributed by atoms with Gasteiger partial charge in [-0.3, -0.25) is 19.8 Å². The molecule has 9 nitrogen and oxygen atoms in total. The fraction of sp³-hybridized carbons (Fsp3) is 0.524. The van der Waals surface area contributed by atoms with Crippen LogP contribution < -0.4 is 0 Å². The lowest BCUT2D eigenvalue weighted by Crippen LogP contribution is -2.41. The van der Waals surface area contributed by atoms with E-state index in [0.717, 1.165) is 58.8 Å². The van der Waals surface area contributed by atoms with Crippen LogP contribution >= 0.6 is 0 Å². The monoisotopic (exact) mass is 413 g/mol. The van der Waals surface area contributed by atoms with Crippen LogP contribution in [0.5, 0.6) is 0 Å². The van der Waals surface area contributed by atoms with Crippen LogP contribution in [0.3, 0.4) is 0 Å². The number of non-ortho nitro benzene ring substituents is 1. The summed E-state index contributed by atoms with van der Waals surface area (Å²) in [6.07, 6.45) is 4.94. The topological polar surface area (TPSA) is 93.7 Å². The van der Waals surface area contributed by atoms with E-state index in [1.807, 2.05) is 4.90 Å². The van der Waals surface area contributed by atoms with Crippen molar-refractivity contribution in [3.63, 3.8) is 0 Å². The Labute approximate surface area is 175 Å². The van der Waals surface area contributed by atoms with E-state index >= 15 is 0 Å². The van der Waals surface area contributed by atoms with E-state index < -0.39 is 4.92 Å². The molecule has 2 fully saturated rings. The molecule has 0 unspecified atom stereocenters. The highest BCUT2D eigenvalue weighted by molar-refractivity contribution is 5.92. The highest BCUT2D eigenvalue weighted by Crippen LogP contribution is 2.22. The van der Waals surface area contributed by atoms with Crippen molar-refractivity contribution in [3.05, 3.63) is 52.3 Å². The largest absolute Gasteiger partial charge is 0.379 e. The minimum Gasteiger partial charge on any atom is -0.379 e. The van der Waals surface area contributed by atoms with Gasteiger partial charge in [-0.2, -0.15) is 5.10 Å². The average molecular weight is 413 g/mol. The Bertz CT molecular complexity index is 868. The lowest BCUT2D eigenvalue weighted by atomic mass is 9.93. The first kappa shape index (κ1) is 20.5. The molecule has 0 aliphatic carbocycles. The number of carbonyl (C=O) groups excluding carboxylic acids is 1. The summed E-state index contributed by atoms with van der Waals surface area (Å²) in [7, 11) is 0. The number of nitro benzene ring substituents is 1. The summed E-state index contributed by atoms with van der Waals surface area (Å²) in [6.45, 7) is 6.35. The summed E-state index contributed by atoms with van der Waals surface area (Å²) in [6, 6.07) is 7.81. The number of benzene rings is 1. The second-order valence-corrected chi connectivity index (χ2v) is 7.90. The summed E-state index contributed by atoms with van der Waals surface area (Å²) in [5, 5.41) is 15.2. The number of likely N-dealkylation sites (tertiary alicyclic amines) is 1. The number of amides is 1. The molecule has 2 aliphatic rings. The maximum Gasteiger partial charge on any atom is 0.274 e. The van der Waals surface area contributed by atoms with Gasteiger partial charge in [0.25, 0.3) is 11.6 Å². The van der Waals surface area contributed by atoms with E-state index in [1.165, 1.54) is 18.6 Å². The minimum absolute atomic E-state index is 0.0266. The molecule has 0 N–H and O–H groups in total. The number of ether oxygens (including phenoxy) is 1. The van der Waals surface area contributed by atoms with Crippen molar-refractivity contribution in [1.29, 1.82) is 0 Å². The zero-order valence-corrected chi connectivity index (χ0v) is 17.0. The summed E-state index contributed by atoms with van der Waals surface area (Å²) in [5.74, 6) is 0.608. The van der Waals surface area contributed by atoms with Crippen LogP contribution in [0.4, 0.5) is 5.69 Å². The average Bonchev–Trinajstić information content (AvgIpc) is 3.29. The smallest absolute Gasteiger partial charge is 0.274 e. The van der Waals surface area contributed by atoms with E-state index in [9.17, 15) is 14.9 Å². The summed E-state index contributed by atoms with van der Waals surface area (Å²) in [5.41, 5.74) is 1.11. The quantitative estimate of drug-likeness (QED) is 0.533. The second-order valence-electron chi connectivity index (χ2n) is 7.90. The maximum absolute atomic E-state index is 12.8. The zero-order valence-electron chi connectivity index (χ0n) is 17.0. The Morgan fingerprint density at radius 2 is 1.80 bits per heavy atom. The Balaban J connectivity index is 1.28. The molecule has 1 amide bonds. The molecule has 30 heavy (non-hydrogen) atoms. The molecule has 0 radical (unpaired) electrons. The molecular formula is C21H27N5O4. The number of aromatic nitrogens is 2. The lowest BCUT2D eigenvalue weighted by Gasteiger charge is -2.33. The number of hydrogen-bond acceptors (Lipinski definition) is 6. The molecule has 4 rings (SSSR count). The molecule has 160 valence electrons. The van der Waals surface area contributed by atoms with Crippen LogP contribution in [-0.2, 0) is 4.74 Å². The number of rotatable bonds is 6. The van der Waals surface area contributed by atoms with Gasteiger partial charge in [0.05, 0.1) is 23.8 Å². The highest BCUT2D eigenvalue weighted by Gasteiger charge is 2.25. The van der Waals surface area contributed by atoms with Crippen molar-refractivity contribution in [3.8, 4) is 5.69 Å². The number of piperidine rings is 1. The number of nitro groups is 1. The molecule has 3 heterocycles. The maximum atomic E-state index is 12.8. The number of nitrogens with zero attached hydrogens (tertiary/aromatic N) is 5. The standard InChI is InChI=1S/C21H27N5O4/c27-21(20-8-12-25(22-20)18-1-3-19(4-2-18)26(28)29)24-10-6-17(7-11-24)5-9-23-13-15-30-16-14-23/h1-4,8,12,17H,5-7,9-11,13-16H2. The molecule has 0 bridgehead atoms. The third-order valence-electron chi connectivity index (χ3n) is 5.99. The van der Waals surface area contributed by atoms with Gasteiger partial charge in [-0.25, -0.2) is 4.68 Å². The Morgan fingerprint density at radius 1 is 1.10 bits per heavy atom. The van der Waals surface area contributed by atoms with E-state index in [-0.39, 0.29) is 11.6 Å². The summed E-state index contributed by atoms with van der Waals surface area (Å²) in [4.78, 5) is 27.5. The first-order valence-electron chi connectivity index (χ1n) is 10.5. The van der Waals surface area contributed by atoms with Gasteiger partial charge in [-0.1, -0.05) is 0 Å². The SMILES string of the molecule is O=C(c1ccn(-c2ccc([N+](=O)[O-])cc2)n1)N1CCC(CCN2CCOCC2)CC1. The van der Waals surface area contributed by atoms with E-state index in [1.54, 1.807) is 29.1 Å². The predicted octanol–water partition coefficient (Wildman–Crippen LogP) is 2.36. The Morgan fingerprint density at radius 3 is 2.47 bits per heavy atom. The van der Waals surface area contributed by atoms with E-state index in [4.69, 9.17) is 4.74 Å². The predicted molar refractivity (Wildman–Crippen MR) is 111 cm³/mol. The Hall–Kier alpha value is -2.78. The summed E-state index contributed by atoms with van der Waals surface area (Å²) < 4.78 is 6.97. The molecule has 0 spiro atoms. The molecule has 2 saturated heterocycles. The molecule has 0 atom stereocenters. The third kappa shape index (κ3) is 4.85. The highest BCUT2D eigenvalue weighted by atomic mass is 16.6. The van der Waals surface area contributed by atoms with Crippen LogP contribution in [-0.4, -0.2) is 76.3 Å². The molecule has 2 aliphatic heterocycles. The number of morpholine rings is 1. The van der Waals surface area contributed by atoms with Gasteiger partial charge in [-0.15, -0.1) is 0 Å². The minimum atomic E-state index is -0.438. The second kappa shape index (κ2) is 9.36. The van der Waals surface area contributed by atoms with Gasteiger partial charge < -0.3 is 9.64 Å².